The molecule has 1 heterocycles. The minimum Gasteiger partial charge on any atom is -0.492 e. The number of likely N-dealkylation sites (N-methyl/N-ethyl adjacent to an activating group) is 1. The Morgan fingerprint density at radius 3 is 2.56 bits per heavy atom. The molecule has 2 aromatic rings. The van der Waals surface area contributed by atoms with Gasteiger partial charge in [0.1, 0.15) is 18.1 Å². The Kier molecular flexibility index (Phi) is 8.89. The van der Waals surface area contributed by atoms with Crippen molar-refractivity contribution >= 4 is 11.8 Å². The molecule has 0 aliphatic carbocycles. The SMILES string of the molecule is CN(CCOc1cccc(CNC(=O)COc2cccc(C(N)=O)c2)c1)C1CCOCC1. The summed E-state index contributed by atoms with van der Waals surface area (Å²) in [5.74, 6) is 0.380. The lowest BCUT2D eigenvalue weighted by Crippen LogP contribution is -2.38. The lowest BCUT2D eigenvalue weighted by Gasteiger charge is -2.31. The van der Waals surface area contributed by atoms with Crippen molar-refractivity contribution in [2.45, 2.75) is 25.4 Å². The van der Waals surface area contributed by atoms with Crippen molar-refractivity contribution in [1.82, 2.24) is 10.2 Å². The van der Waals surface area contributed by atoms with Gasteiger partial charge in [-0.25, -0.2) is 0 Å². The summed E-state index contributed by atoms with van der Waals surface area (Å²) in [6, 6.07) is 14.6. The van der Waals surface area contributed by atoms with Crippen LogP contribution in [-0.4, -0.2) is 62.8 Å². The Morgan fingerprint density at radius 1 is 1.09 bits per heavy atom. The Bertz CT molecular complexity index is 899. The molecule has 1 aliphatic rings. The summed E-state index contributed by atoms with van der Waals surface area (Å²) in [5, 5.41) is 2.82. The van der Waals surface area contributed by atoms with Crippen LogP contribution in [0.2, 0.25) is 0 Å². The van der Waals surface area contributed by atoms with E-state index < -0.39 is 5.91 Å². The summed E-state index contributed by atoms with van der Waals surface area (Å²) in [5.41, 5.74) is 6.52. The number of nitrogens with zero attached hydrogens (tertiary/aromatic N) is 1. The fraction of sp³-hybridized carbons (Fsp3) is 0.417. The molecule has 0 unspecified atom stereocenters. The van der Waals surface area contributed by atoms with Crippen molar-refractivity contribution in [2.24, 2.45) is 5.73 Å². The molecule has 8 heteroatoms. The zero-order chi connectivity index (χ0) is 22.8. The van der Waals surface area contributed by atoms with E-state index in [0.29, 0.717) is 30.5 Å². The fourth-order valence-corrected chi connectivity index (χ4v) is 3.50. The van der Waals surface area contributed by atoms with E-state index in [1.807, 2.05) is 24.3 Å². The van der Waals surface area contributed by atoms with Crippen LogP contribution >= 0.6 is 0 Å². The first kappa shape index (κ1) is 23.6. The van der Waals surface area contributed by atoms with Gasteiger partial charge in [-0.15, -0.1) is 0 Å². The average molecular weight is 442 g/mol. The van der Waals surface area contributed by atoms with Gasteiger partial charge in [0.2, 0.25) is 5.91 Å². The van der Waals surface area contributed by atoms with Crippen molar-refractivity contribution in [3.05, 3.63) is 59.7 Å². The van der Waals surface area contributed by atoms with Crippen LogP contribution in [0.4, 0.5) is 0 Å². The number of hydrogen-bond acceptors (Lipinski definition) is 6. The predicted molar refractivity (Wildman–Crippen MR) is 121 cm³/mol. The first-order chi connectivity index (χ1) is 15.5. The molecule has 2 aromatic carbocycles. The van der Waals surface area contributed by atoms with E-state index in [4.69, 9.17) is 19.9 Å². The minimum absolute atomic E-state index is 0.156. The highest BCUT2D eigenvalue weighted by atomic mass is 16.5. The quantitative estimate of drug-likeness (QED) is 0.553. The third kappa shape index (κ3) is 7.55. The molecule has 2 amide bonds. The maximum Gasteiger partial charge on any atom is 0.258 e. The van der Waals surface area contributed by atoms with Crippen LogP contribution in [0.5, 0.6) is 11.5 Å². The van der Waals surface area contributed by atoms with Crippen molar-refractivity contribution in [3.8, 4) is 11.5 Å². The highest BCUT2D eigenvalue weighted by Crippen LogP contribution is 2.16. The number of amides is 2. The predicted octanol–water partition coefficient (Wildman–Crippen LogP) is 1.97. The Labute approximate surface area is 188 Å². The van der Waals surface area contributed by atoms with Gasteiger partial charge in [0.15, 0.2) is 6.61 Å². The first-order valence-corrected chi connectivity index (χ1v) is 10.8. The highest BCUT2D eigenvalue weighted by Gasteiger charge is 2.18. The van der Waals surface area contributed by atoms with Crippen LogP contribution in [-0.2, 0) is 16.1 Å². The molecule has 0 spiro atoms. The second-order valence-corrected chi connectivity index (χ2v) is 7.78. The molecule has 0 bridgehead atoms. The summed E-state index contributed by atoms with van der Waals surface area (Å²) in [4.78, 5) is 25.7. The van der Waals surface area contributed by atoms with E-state index in [9.17, 15) is 9.59 Å². The van der Waals surface area contributed by atoms with Crippen LogP contribution in [0.1, 0.15) is 28.8 Å². The topological polar surface area (TPSA) is 103 Å². The number of nitrogens with two attached hydrogens (primary N) is 1. The maximum absolute atomic E-state index is 12.1. The number of hydrogen-bond donors (Lipinski definition) is 2. The molecule has 1 saturated heterocycles. The average Bonchev–Trinajstić information content (AvgIpc) is 2.82. The lowest BCUT2D eigenvalue weighted by molar-refractivity contribution is -0.123. The number of primary amides is 1. The zero-order valence-corrected chi connectivity index (χ0v) is 18.4. The van der Waals surface area contributed by atoms with Gasteiger partial charge < -0.3 is 25.3 Å². The van der Waals surface area contributed by atoms with Gasteiger partial charge in [-0.1, -0.05) is 18.2 Å². The van der Waals surface area contributed by atoms with Gasteiger partial charge >= 0.3 is 0 Å². The number of benzene rings is 2. The lowest BCUT2D eigenvalue weighted by atomic mass is 10.1. The third-order valence-corrected chi connectivity index (χ3v) is 5.40. The van der Waals surface area contributed by atoms with Gasteiger partial charge in [-0.2, -0.15) is 0 Å². The van der Waals surface area contributed by atoms with Gasteiger partial charge in [0, 0.05) is 37.9 Å². The Morgan fingerprint density at radius 2 is 1.81 bits per heavy atom. The summed E-state index contributed by atoms with van der Waals surface area (Å²) in [6.45, 7) is 3.31. The number of nitrogens with one attached hydrogen (secondary N) is 1. The highest BCUT2D eigenvalue weighted by molar-refractivity contribution is 5.93. The minimum atomic E-state index is -0.544. The summed E-state index contributed by atoms with van der Waals surface area (Å²) >= 11 is 0. The molecular weight excluding hydrogens is 410 g/mol. The van der Waals surface area contributed by atoms with Gasteiger partial charge in [-0.05, 0) is 55.8 Å². The second-order valence-electron chi connectivity index (χ2n) is 7.78. The van der Waals surface area contributed by atoms with Crippen molar-refractivity contribution in [1.29, 1.82) is 0 Å². The molecule has 1 fully saturated rings. The fourth-order valence-electron chi connectivity index (χ4n) is 3.50. The third-order valence-electron chi connectivity index (χ3n) is 5.40. The van der Waals surface area contributed by atoms with Crippen molar-refractivity contribution < 1.29 is 23.8 Å². The molecule has 0 radical (unpaired) electrons. The normalized spacial score (nSPS) is 14.2. The van der Waals surface area contributed by atoms with Crippen molar-refractivity contribution in [3.63, 3.8) is 0 Å². The van der Waals surface area contributed by atoms with E-state index in [1.165, 1.54) is 6.07 Å². The summed E-state index contributed by atoms with van der Waals surface area (Å²) in [7, 11) is 2.12. The first-order valence-electron chi connectivity index (χ1n) is 10.8. The second kappa shape index (κ2) is 12.1. The van der Waals surface area contributed by atoms with Gasteiger partial charge in [-0.3, -0.25) is 14.5 Å². The molecule has 0 atom stereocenters. The molecule has 1 aliphatic heterocycles. The van der Waals surface area contributed by atoms with Crippen LogP contribution in [0.15, 0.2) is 48.5 Å². The van der Waals surface area contributed by atoms with Crippen LogP contribution in [0.3, 0.4) is 0 Å². The van der Waals surface area contributed by atoms with Crippen molar-refractivity contribution in [2.75, 3.05) is 40.0 Å². The summed E-state index contributed by atoms with van der Waals surface area (Å²) in [6.07, 6.45) is 2.12. The number of carbonyl (C=O) groups is 2. The van der Waals surface area contributed by atoms with Crippen LogP contribution in [0, 0.1) is 0 Å². The smallest absolute Gasteiger partial charge is 0.258 e. The van der Waals surface area contributed by atoms with Gasteiger partial charge in [0.05, 0.1) is 0 Å². The Hall–Kier alpha value is -3.10. The van der Waals surface area contributed by atoms with Gasteiger partial charge in [0.25, 0.3) is 5.91 Å². The molecule has 3 N–H and O–H groups in total. The molecule has 32 heavy (non-hydrogen) atoms. The summed E-state index contributed by atoms with van der Waals surface area (Å²) < 4.78 is 16.8. The molecular formula is C24H31N3O5. The zero-order valence-electron chi connectivity index (χ0n) is 18.4. The molecule has 3 rings (SSSR count). The molecule has 8 nitrogen and oxygen atoms in total. The van der Waals surface area contributed by atoms with Crippen LogP contribution < -0.4 is 20.5 Å². The maximum atomic E-state index is 12.1. The van der Waals surface area contributed by atoms with E-state index in [-0.39, 0.29) is 12.5 Å². The largest absolute Gasteiger partial charge is 0.492 e. The number of rotatable bonds is 11. The number of ether oxygens (including phenoxy) is 3. The van der Waals surface area contributed by atoms with Crippen LogP contribution in [0.25, 0.3) is 0 Å². The van der Waals surface area contributed by atoms with E-state index >= 15 is 0 Å². The Balaban J connectivity index is 1.39. The number of carbonyl (C=O) groups excluding carboxylic acids is 2. The van der Waals surface area contributed by atoms with E-state index in [1.54, 1.807) is 18.2 Å². The van der Waals surface area contributed by atoms with E-state index in [2.05, 4.69) is 17.3 Å². The van der Waals surface area contributed by atoms with E-state index in [0.717, 1.165) is 43.9 Å². The monoisotopic (exact) mass is 441 g/mol. The molecule has 0 saturated carbocycles. The molecule has 0 aromatic heterocycles. The molecule has 172 valence electrons. The standard InChI is InChI=1S/C24H31N3O5/c1-27(20-8-11-30-12-9-20)10-13-31-21-6-2-4-18(14-21)16-26-23(28)17-32-22-7-3-5-19(15-22)24(25)29/h2-7,14-15,20H,8-13,16-17H2,1H3,(H2,25,29)(H,26,28).